The summed E-state index contributed by atoms with van der Waals surface area (Å²) in [6, 6.07) is 4.09. The van der Waals surface area contributed by atoms with Gasteiger partial charge in [-0.1, -0.05) is 22.0 Å². The van der Waals surface area contributed by atoms with Crippen LogP contribution in [0.3, 0.4) is 0 Å². The zero-order valence-electron chi connectivity index (χ0n) is 7.07. The molecule has 0 bridgehead atoms. The van der Waals surface area contributed by atoms with Gasteiger partial charge in [0.15, 0.2) is 0 Å². The van der Waals surface area contributed by atoms with Gasteiger partial charge in [0.1, 0.15) is 4.83 Å². The van der Waals surface area contributed by atoms with E-state index in [4.69, 9.17) is 5.11 Å². The van der Waals surface area contributed by atoms with Gasteiger partial charge in [0.25, 0.3) is 0 Å². The Kier molecular flexibility index (Phi) is 4.45. The van der Waals surface area contributed by atoms with Crippen molar-refractivity contribution in [2.75, 3.05) is 0 Å². The number of carboxylic acids is 1. The summed E-state index contributed by atoms with van der Waals surface area (Å²) in [6.07, 6.45) is 2.59. The average Bonchev–Trinajstić information content (AvgIpc) is 2.56. The molecule has 0 amide bonds. The smallest absolute Gasteiger partial charge is 0.317 e. The quantitative estimate of drug-likeness (QED) is 0.829. The number of aryl methyl sites for hydroxylation is 1. The highest BCUT2D eigenvalue weighted by Crippen LogP contribution is 2.15. The monoisotopic (exact) mass is 262 g/mol. The maximum absolute atomic E-state index is 10.4. The Balaban J connectivity index is 2.18. The van der Waals surface area contributed by atoms with Crippen molar-refractivity contribution in [2.24, 2.45) is 0 Å². The Labute approximate surface area is 89.7 Å². The van der Waals surface area contributed by atoms with Crippen LogP contribution in [0.15, 0.2) is 17.5 Å². The fourth-order valence-electron chi connectivity index (χ4n) is 1.03. The van der Waals surface area contributed by atoms with E-state index >= 15 is 0 Å². The summed E-state index contributed by atoms with van der Waals surface area (Å²) in [5, 5.41) is 10.6. The van der Waals surface area contributed by atoms with Gasteiger partial charge in [-0.15, -0.1) is 11.3 Å². The largest absolute Gasteiger partial charge is 0.480 e. The first-order chi connectivity index (χ1) is 6.20. The Morgan fingerprint density at radius 2 is 2.46 bits per heavy atom. The predicted molar refractivity (Wildman–Crippen MR) is 57.6 cm³/mol. The minimum atomic E-state index is -0.772. The van der Waals surface area contributed by atoms with Crippen LogP contribution < -0.4 is 0 Å². The lowest BCUT2D eigenvalue weighted by Crippen LogP contribution is -2.12. The molecule has 0 aliphatic carbocycles. The molecule has 0 fully saturated rings. The highest BCUT2D eigenvalue weighted by atomic mass is 79.9. The van der Waals surface area contributed by atoms with Gasteiger partial charge < -0.3 is 5.11 Å². The second kappa shape index (κ2) is 5.40. The first-order valence-corrected chi connectivity index (χ1v) is 5.89. The summed E-state index contributed by atoms with van der Waals surface area (Å²) >= 11 is 4.83. The lowest BCUT2D eigenvalue weighted by molar-refractivity contribution is -0.136. The van der Waals surface area contributed by atoms with Crippen LogP contribution in [0.2, 0.25) is 0 Å². The topological polar surface area (TPSA) is 37.3 Å². The van der Waals surface area contributed by atoms with E-state index in [-0.39, 0.29) is 0 Å². The van der Waals surface area contributed by atoms with E-state index in [2.05, 4.69) is 22.0 Å². The molecule has 0 radical (unpaired) electrons. The van der Waals surface area contributed by atoms with Gasteiger partial charge in [0.05, 0.1) is 0 Å². The normalized spacial score (nSPS) is 12.7. The van der Waals surface area contributed by atoms with Crippen LogP contribution in [0.25, 0.3) is 0 Å². The van der Waals surface area contributed by atoms with Gasteiger partial charge >= 0.3 is 5.97 Å². The molecule has 1 atom stereocenters. The molecule has 0 saturated heterocycles. The van der Waals surface area contributed by atoms with Gasteiger partial charge in [-0.2, -0.15) is 0 Å². The SMILES string of the molecule is O=C(O)C(Br)CCCc1cccs1. The second-order valence-corrected chi connectivity index (χ2v) is 4.91. The van der Waals surface area contributed by atoms with Gasteiger partial charge in [-0.05, 0) is 30.7 Å². The van der Waals surface area contributed by atoms with Crippen molar-refractivity contribution in [3.63, 3.8) is 0 Å². The molecule has 4 heteroatoms. The summed E-state index contributed by atoms with van der Waals surface area (Å²) in [7, 11) is 0. The third kappa shape index (κ3) is 3.91. The summed E-state index contributed by atoms with van der Waals surface area (Å²) in [4.78, 5) is 11.4. The number of carboxylic acid groups (broad SMARTS) is 1. The first kappa shape index (κ1) is 10.7. The maximum atomic E-state index is 10.4. The molecule has 0 saturated carbocycles. The van der Waals surface area contributed by atoms with Crippen LogP contribution in [0.5, 0.6) is 0 Å². The molecule has 1 aromatic heterocycles. The number of rotatable bonds is 5. The third-order valence-corrected chi connectivity index (χ3v) is 3.51. The highest BCUT2D eigenvalue weighted by molar-refractivity contribution is 9.10. The number of carbonyl (C=O) groups is 1. The number of aliphatic carboxylic acids is 1. The second-order valence-electron chi connectivity index (χ2n) is 2.78. The zero-order valence-corrected chi connectivity index (χ0v) is 9.47. The van der Waals surface area contributed by atoms with Crippen molar-refractivity contribution in [1.82, 2.24) is 0 Å². The Morgan fingerprint density at radius 3 is 3.00 bits per heavy atom. The van der Waals surface area contributed by atoms with E-state index in [1.54, 1.807) is 11.3 Å². The summed E-state index contributed by atoms with van der Waals surface area (Å²) in [6.45, 7) is 0. The molecule has 0 aliphatic heterocycles. The van der Waals surface area contributed by atoms with E-state index in [1.165, 1.54) is 4.88 Å². The first-order valence-electron chi connectivity index (χ1n) is 4.09. The predicted octanol–water partition coefficient (Wildman–Crippen LogP) is 2.92. The van der Waals surface area contributed by atoms with Crippen molar-refractivity contribution in [2.45, 2.75) is 24.1 Å². The molecule has 1 heterocycles. The molecule has 0 spiro atoms. The van der Waals surface area contributed by atoms with Crippen molar-refractivity contribution in [3.8, 4) is 0 Å². The fraction of sp³-hybridized carbons (Fsp3) is 0.444. The zero-order chi connectivity index (χ0) is 9.68. The lowest BCUT2D eigenvalue weighted by atomic mass is 10.2. The van der Waals surface area contributed by atoms with E-state index in [0.717, 1.165) is 12.8 Å². The summed E-state index contributed by atoms with van der Waals surface area (Å²) in [5.41, 5.74) is 0. The van der Waals surface area contributed by atoms with E-state index in [1.807, 2.05) is 11.4 Å². The highest BCUT2D eigenvalue weighted by Gasteiger charge is 2.11. The van der Waals surface area contributed by atoms with Crippen LogP contribution in [0.1, 0.15) is 17.7 Å². The maximum Gasteiger partial charge on any atom is 0.317 e. The van der Waals surface area contributed by atoms with E-state index in [0.29, 0.717) is 6.42 Å². The van der Waals surface area contributed by atoms with Gasteiger partial charge in [-0.25, -0.2) is 0 Å². The summed E-state index contributed by atoms with van der Waals surface area (Å²) < 4.78 is 0. The molecule has 72 valence electrons. The molecule has 0 aromatic carbocycles. The summed E-state index contributed by atoms with van der Waals surface area (Å²) in [5.74, 6) is -0.772. The van der Waals surface area contributed by atoms with E-state index in [9.17, 15) is 4.79 Å². The standard InChI is InChI=1S/C9H11BrO2S/c10-8(9(11)12)5-1-3-7-4-2-6-13-7/h2,4,6,8H,1,3,5H2,(H,11,12). The van der Waals surface area contributed by atoms with Crippen molar-refractivity contribution >= 4 is 33.2 Å². The molecule has 1 aromatic rings. The molecule has 1 N–H and O–H groups in total. The lowest BCUT2D eigenvalue weighted by Gasteiger charge is -2.02. The third-order valence-electron chi connectivity index (χ3n) is 1.73. The molecule has 1 unspecified atom stereocenters. The molecule has 0 aliphatic rings. The van der Waals surface area contributed by atoms with Crippen LogP contribution in [-0.2, 0) is 11.2 Å². The van der Waals surface area contributed by atoms with Crippen molar-refractivity contribution in [3.05, 3.63) is 22.4 Å². The minimum Gasteiger partial charge on any atom is -0.480 e. The van der Waals surface area contributed by atoms with Gasteiger partial charge in [0.2, 0.25) is 0 Å². The van der Waals surface area contributed by atoms with Gasteiger partial charge in [-0.3, -0.25) is 4.79 Å². The number of thiophene rings is 1. The molecular weight excluding hydrogens is 252 g/mol. The van der Waals surface area contributed by atoms with Crippen LogP contribution in [-0.4, -0.2) is 15.9 Å². The van der Waals surface area contributed by atoms with Crippen molar-refractivity contribution in [1.29, 1.82) is 0 Å². The Morgan fingerprint density at radius 1 is 1.69 bits per heavy atom. The van der Waals surface area contributed by atoms with Gasteiger partial charge in [0, 0.05) is 4.88 Å². The fourth-order valence-corrected chi connectivity index (χ4v) is 2.11. The Hall–Kier alpha value is -0.350. The van der Waals surface area contributed by atoms with Crippen LogP contribution >= 0.6 is 27.3 Å². The number of hydrogen-bond donors (Lipinski definition) is 1. The van der Waals surface area contributed by atoms with E-state index < -0.39 is 10.8 Å². The van der Waals surface area contributed by atoms with Crippen LogP contribution in [0, 0.1) is 0 Å². The number of hydrogen-bond acceptors (Lipinski definition) is 2. The minimum absolute atomic E-state index is 0.396. The van der Waals surface area contributed by atoms with Crippen LogP contribution in [0.4, 0.5) is 0 Å². The van der Waals surface area contributed by atoms with Crippen molar-refractivity contribution < 1.29 is 9.90 Å². The number of alkyl halides is 1. The molecular formula is C9H11BrO2S. The average molecular weight is 263 g/mol. The molecule has 13 heavy (non-hydrogen) atoms. The molecule has 1 rings (SSSR count). The Bertz CT molecular complexity index is 259. The number of halogens is 1. The molecule has 2 nitrogen and oxygen atoms in total.